The van der Waals surface area contributed by atoms with E-state index in [0.717, 1.165) is 24.6 Å². The van der Waals surface area contributed by atoms with Crippen LogP contribution < -0.4 is 5.32 Å². The zero-order chi connectivity index (χ0) is 8.39. The highest BCUT2D eigenvalue weighted by Crippen LogP contribution is 2.10. The molecule has 1 saturated heterocycles. The molecule has 1 aromatic rings. The van der Waals surface area contributed by atoms with Gasteiger partial charge in [-0.2, -0.15) is 0 Å². The smallest absolute Gasteiger partial charge is 0.105 e. The average molecular weight is 165 g/mol. The Morgan fingerprint density at radius 3 is 2.92 bits per heavy atom. The molecular weight excluding hydrogens is 150 g/mol. The fraction of sp³-hybridized carbons (Fsp3) is 0.667. The van der Waals surface area contributed by atoms with E-state index in [4.69, 9.17) is 0 Å². The lowest BCUT2D eigenvalue weighted by Gasteiger charge is -2.26. The third-order valence-electron chi connectivity index (χ3n) is 2.39. The number of aryl methyl sites for hydroxylation is 1. The number of nitrogens with one attached hydrogen (secondary N) is 2. The van der Waals surface area contributed by atoms with E-state index in [9.17, 15) is 0 Å². The minimum atomic E-state index is 0.829. The highest BCUT2D eigenvalue weighted by atomic mass is 15.0. The molecule has 0 bridgehead atoms. The van der Waals surface area contributed by atoms with Crippen molar-refractivity contribution in [2.45, 2.75) is 19.8 Å². The van der Waals surface area contributed by atoms with Crippen LogP contribution in [0.2, 0.25) is 0 Å². The summed E-state index contributed by atoms with van der Waals surface area (Å²) in [6.45, 7) is 4.45. The van der Waals surface area contributed by atoms with E-state index in [1.165, 1.54) is 18.8 Å². The third kappa shape index (κ3) is 1.50. The summed E-state index contributed by atoms with van der Waals surface area (Å²) in [7, 11) is 0. The summed E-state index contributed by atoms with van der Waals surface area (Å²) < 4.78 is 0. The van der Waals surface area contributed by atoms with E-state index in [2.05, 4.69) is 22.2 Å². The van der Waals surface area contributed by atoms with E-state index in [1.807, 2.05) is 6.20 Å². The van der Waals surface area contributed by atoms with Gasteiger partial charge in [0.1, 0.15) is 5.82 Å². The van der Waals surface area contributed by atoms with Crippen molar-refractivity contribution in [2.24, 2.45) is 5.92 Å². The van der Waals surface area contributed by atoms with E-state index in [-0.39, 0.29) is 0 Å². The molecule has 0 saturated carbocycles. The molecule has 66 valence electrons. The van der Waals surface area contributed by atoms with Gasteiger partial charge in [-0.1, -0.05) is 6.92 Å². The van der Waals surface area contributed by atoms with Crippen LogP contribution in [-0.4, -0.2) is 23.1 Å². The van der Waals surface area contributed by atoms with Gasteiger partial charge in [-0.25, -0.2) is 4.98 Å². The summed E-state index contributed by atoms with van der Waals surface area (Å²) in [5.41, 5.74) is 1.29. The third-order valence-corrected chi connectivity index (χ3v) is 2.39. The van der Waals surface area contributed by atoms with Gasteiger partial charge >= 0.3 is 0 Å². The number of rotatable bonds is 3. The number of imidazole rings is 1. The molecule has 0 radical (unpaired) electrons. The quantitative estimate of drug-likeness (QED) is 0.693. The molecule has 0 aromatic carbocycles. The Bertz CT molecular complexity index is 250. The van der Waals surface area contributed by atoms with Crippen LogP contribution in [0.1, 0.15) is 18.4 Å². The van der Waals surface area contributed by atoms with Crippen LogP contribution in [0.4, 0.5) is 0 Å². The van der Waals surface area contributed by atoms with Gasteiger partial charge in [-0.05, 0) is 25.4 Å². The second kappa shape index (κ2) is 3.27. The predicted octanol–water partition coefficient (Wildman–Crippen LogP) is 0.734. The molecule has 1 aromatic heterocycles. The molecule has 3 heteroatoms. The van der Waals surface area contributed by atoms with Gasteiger partial charge in [0.2, 0.25) is 0 Å². The number of aromatic nitrogens is 2. The number of nitrogens with zero attached hydrogens (tertiary/aromatic N) is 1. The second-order valence-corrected chi connectivity index (χ2v) is 3.44. The molecule has 0 aliphatic carbocycles. The maximum Gasteiger partial charge on any atom is 0.105 e. The van der Waals surface area contributed by atoms with Crippen molar-refractivity contribution in [3.05, 3.63) is 17.7 Å². The highest BCUT2D eigenvalue weighted by Gasteiger charge is 2.17. The summed E-state index contributed by atoms with van der Waals surface area (Å²) >= 11 is 0. The van der Waals surface area contributed by atoms with Crippen LogP contribution in [-0.2, 0) is 12.8 Å². The van der Waals surface area contributed by atoms with Gasteiger partial charge < -0.3 is 10.3 Å². The van der Waals surface area contributed by atoms with Crippen molar-refractivity contribution < 1.29 is 0 Å². The molecule has 0 spiro atoms. The fourth-order valence-electron chi connectivity index (χ4n) is 1.49. The van der Waals surface area contributed by atoms with Crippen molar-refractivity contribution in [2.75, 3.05) is 13.1 Å². The van der Waals surface area contributed by atoms with E-state index < -0.39 is 0 Å². The summed E-state index contributed by atoms with van der Waals surface area (Å²) in [6, 6.07) is 0. The van der Waals surface area contributed by atoms with Crippen molar-refractivity contribution >= 4 is 0 Å². The Labute approximate surface area is 72.6 Å². The molecule has 0 atom stereocenters. The molecule has 0 amide bonds. The first-order chi connectivity index (χ1) is 5.88. The van der Waals surface area contributed by atoms with Gasteiger partial charge in [0, 0.05) is 18.3 Å². The Kier molecular flexibility index (Phi) is 2.13. The molecule has 1 fully saturated rings. The molecule has 2 heterocycles. The Morgan fingerprint density at radius 1 is 1.58 bits per heavy atom. The maximum atomic E-state index is 4.27. The van der Waals surface area contributed by atoms with E-state index in [1.54, 1.807) is 0 Å². The molecule has 2 rings (SSSR count). The zero-order valence-electron chi connectivity index (χ0n) is 7.43. The number of aromatic amines is 1. The number of H-pyrrole nitrogens is 1. The minimum absolute atomic E-state index is 0.829. The number of hydrogen-bond acceptors (Lipinski definition) is 2. The van der Waals surface area contributed by atoms with Crippen LogP contribution in [0, 0.1) is 5.92 Å². The maximum absolute atomic E-state index is 4.27. The first-order valence-electron chi connectivity index (χ1n) is 4.62. The standard InChI is InChI=1S/C9H15N3/c1-2-9-11-6-8(12-9)3-7-4-10-5-7/h6-7,10H,2-5H2,1H3,(H,11,12). The lowest BCUT2D eigenvalue weighted by molar-refractivity contribution is 0.344. The fourth-order valence-corrected chi connectivity index (χ4v) is 1.49. The lowest BCUT2D eigenvalue weighted by Crippen LogP contribution is -2.43. The summed E-state index contributed by atoms with van der Waals surface area (Å²) in [4.78, 5) is 7.59. The number of hydrogen-bond donors (Lipinski definition) is 2. The summed E-state index contributed by atoms with van der Waals surface area (Å²) in [5, 5.41) is 3.27. The van der Waals surface area contributed by atoms with Crippen LogP contribution in [0.15, 0.2) is 6.20 Å². The van der Waals surface area contributed by atoms with Crippen molar-refractivity contribution in [1.82, 2.24) is 15.3 Å². The normalized spacial score (nSPS) is 17.8. The first kappa shape index (κ1) is 7.80. The zero-order valence-corrected chi connectivity index (χ0v) is 7.43. The highest BCUT2D eigenvalue weighted by molar-refractivity contribution is 5.03. The van der Waals surface area contributed by atoms with E-state index >= 15 is 0 Å². The molecule has 2 N–H and O–H groups in total. The van der Waals surface area contributed by atoms with Crippen molar-refractivity contribution in [1.29, 1.82) is 0 Å². The second-order valence-electron chi connectivity index (χ2n) is 3.44. The van der Waals surface area contributed by atoms with E-state index in [0.29, 0.717) is 0 Å². The van der Waals surface area contributed by atoms with Crippen LogP contribution in [0.3, 0.4) is 0 Å². The SMILES string of the molecule is CCc1ncc(CC2CNC2)[nH]1. The van der Waals surface area contributed by atoms with Gasteiger partial charge in [-0.15, -0.1) is 0 Å². The Morgan fingerprint density at radius 2 is 2.42 bits per heavy atom. The first-order valence-corrected chi connectivity index (χ1v) is 4.62. The summed E-state index contributed by atoms with van der Waals surface area (Å²) in [6.07, 6.45) is 4.13. The van der Waals surface area contributed by atoms with Gasteiger partial charge in [0.05, 0.1) is 0 Å². The van der Waals surface area contributed by atoms with Gasteiger partial charge in [0.15, 0.2) is 0 Å². The average Bonchev–Trinajstić information content (AvgIpc) is 2.44. The monoisotopic (exact) mass is 165 g/mol. The van der Waals surface area contributed by atoms with Crippen LogP contribution >= 0.6 is 0 Å². The largest absolute Gasteiger partial charge is 0.346 e. The Hall–Kier alpha value is -0.830. The lowest BCUT2D eigenvalue weighted by atomic mass is 9.98. The molecule has 3 nitrogen and oxygen atoms in total. The Balaban J connectivity index is 1.93. The topological polar surface area (TPSA) is 40.7 Å². The minimum Gasteiger partial charge on any atom is -0.346 e. The molecule has 1 aliphatic heterocycles. The van der Waals surface area contributed by atoms with Crippen LogP contribution in [0.5, 0.6) is 0 Å². The predicted molar refractivity (Wildman–Crippen MR) is 48.0 cm³/mol. The van der Waals surface area contributed by atoms with Gasteiger partial charge in [0.25, 0.3) is 0 Å². The molecular formula is C9H15N3. The molecule has 1 aliphatic rings. The molecule has 0 unspecified atom stereocenters. The van der Waals surface area contributed by atoms with Crippen molar-refractivity contribution in [3.8, 4) is 0 Å². The summed E-state index contributed by atoms with van der Waals surface area (Å²) in [5.74, 6) is 1.94. The van der Waals surface area contributed by atoms with Crippen molar-refractivity contribution in [3.63, 3.8) is 0 Å². The molecule has 12 heavy (non-hydrogen) atoms. The van der Waals surface area contributed by atoms with Crippen LogP contribution in [0.25, 0.3) is 0 Å². The van der Waals surface area contributed by atoms with Gasteiger partial charge in [-0.3, -0.25) is 0 Å².